The van der Waals surface area contributed by atoms with Crippen LogP contribution in [-0.4, -0.2) is 9.97 Å². The number of benzene rings is 4. The number of rotatable bonds is 8. The molecule has 246 valence electrons. The predicted octanol–water partition coefficient (Wildman–Crippen LogP) is 12.9. The van der Waals surface area contributed by atoms with Gasteiger partial charge in [-0.25, -0.2) is 9.97 Å². The molecule has 0 aliphatic carbocycles. The Labute approximate surface area is 279 Å². The van der Waals surface area contributed by atoms with E-state index in [0.29, 0.717) is 33.0 Å². The van der Waals surface area contributed by atoms with Crippen LogP contribution in [0.25, 0.3) is 22.5 Å². The summed E-state index contributed by atoms with van der Waals surface area (Å²) in [5, 5.41) is 19.0. The van der Waals surface area contributed by atoms with Crippen LogP contribution in [0.3, 0.4) is 0 Å². The van der Waals surface area contributed by atoms with E-state index < -0.39 is 23.5 Å². The fourth-order valence-corrected chi connectivity index (χ4v) is 5.77. The van der Waals surface area contributed by atoms with Crippen molar-refractivity contribution in [3.05, 3.63) is 119 Å². The third-order valence-corrected chi connectivity index (χ3v) is 7.97. The maximum Gasteiger partial charge on any atom is 0.416 e. The lowest BCUT2D eigenvalue weighted by molar-refractivity contribution is -0.138. The van der Waals surface area contributed by atoms with Gasteiger partial charge in [0, 0.05) is 33.3 Å². The Kier molecular flexibility index (Phi) is 10.5. The Hall–Kier alpha value is -5.08. The summed E-state index contributed by atoms with van der Waals surface area (Å²) in [6, 6.07) is 24.2. The maximum absolute atomic E-state index is 13.1. The molecule has 0 radical (unpaired) electrons. The van der Waals surface area contributed by atoms with Crippen LogP contribution in [0.2, 0.25) is 0 Å². The molecule has 48 heavy (non-hydrogen) atoms. The monoisotopic (exact) mass is 696 g/mol. The summed E-state index contributed by atoms with van der Waals surface area (Å²) < 4.78 is 78.3. The Morgan fingerprint density at radius 3 is 1.33 bits per heavy atom. The van der Waals surface area contributed by atoms with Gasteiger partial charge in [-0.1, -0.05) is 50.2 Å². The van der Waals surface area contributed by atoms with Crippen molar-refractivity contribution in [1.29, 1.82) is 0 Å². The van der Waals surface area contributed by atoms with Crippen molar-refractivity contribution in [2.24, 2.45) is 10.2 Å². The third-order valence-electron chi connectivity index (χ3n) is 6.46. The van der Waals surface area contributed by atoms with Crippen LogP contribution >= 0.6 is 22.7 Å². The van der Waals surface area contributed by atoms with Crippen LogP contribution < -0.4 is 10.6 Å². The molecule has 0 unspecified atom stereocenters. The number of anilines is 4. The van der Waals surface area contributed by atoms with Gasteiger partial charge in [0.15, 0.2) is 10.3 Å². The van der Waals surface area contributed by atoms with E-state index in [4.69, 9.17) is 0 Å². The molecule has 0 aliphatic heterocycles. The fourth-order valence-electron chi connectivity index (χ4n) is 4.29. The van der Waals surface area contributed by atoms with Crippen molar-refractivity contribution < 1.29 is 26.3 Å². The van der Waals surface area contributed by atoms with E-state index in [1.807, 2.05) is 26.0 Å². The van der Waals surface area contributed by atoms with Crippen molar-refractivity contribution >= 4 is 55.7 Å². The van der Waals surface area contributed by atoms with Crippen molar-refractivity contribution in [3.8, 4) is 22.5 Å². The van der Waals surface area contributed by atoms with E-state index in [-0.39, 0.29) is 11.4 Å². The average Bonchev–Trinajstić information content (AvgIpc) is 3.75. The Bertz CT molecular complexity index is 1870. The van der Waals surface area contributed by atoms with Gasteiger partial charge in [-0.05, 0) is 60.7 Å². The smallest absolute Gasteiger partial charge is 0.332 e. The molecule has 0 fully saturated rings. The first-order valence-corrected chi connectivity index (χ1v) is 16.2. The first-order valence-electron chi connectivity index (χ1n) is 14.4. The maximum atomic E-state index is 13.1. The largest absolute Gasteiger partial charge is 0.416 e. The number of halogens is 6. The molecule has 0 aliphatic rings. The zero-order valence-electron chi connectivity index (χ0n) is 25.3. The van der Waals surface area contributed by atoms with Gasteiger partial charge in [0.25, 0.3) is 0 Å². The van der Waals surface area contributed by atoms with Crippen LogP contribution in [0.1, 0.15) is 25.0 Å². The molecular formula is C34H26F6N6S2. The molecule has 0 atom stereocenters. The summed E-state index contributed by atoms with van der Waals surface area (Å²) >= 11 is 2.52. The third kappa shape index (κ3) is 8.83. The fraction of sp³-hybridized carbons (Fsp3) is 0.118. The van der Waals surface area contributed by atoms with Crippen LogP contribution in [0.5, 0.6) is 0 Å². The minimum absolute atomic E-state index is 0.279. The molecule has 0 saturated carbocycles. The summed E-state index contributed by atoms with van der Waals surface area (Å²) in [7, 11) is 0. The summed E-state index contributed by atoms with van der Waals surface area (Å²) in [4.78, 5) is 9.02. The molecule has 0 saturated heterocycles. The molecule has 6 aromatic rings. The van der Waals surface area contributed by atoms with Crippen molar-refractivity contribution in [2.45, 2.75) is 26.2 Å². The highest BCUT2D eigenvalue weighted by Gasteiger charge is 2.31. The zero-order valence-corrected chi connectivity index (χ0v) is 26.9. The number of hydrogen-bond acceptors (Lipinski definition) is 8. The molecule has 0 spiro atoms. The van der Waals surface area contributed by atoms with Gasteiger partial charge in [0.2, 0.25) is 0 Å². The van der Waals surface area contributed by atoms with E-state index in [9.17, 15) is 26.3 Å². The molecule has 2 heterocycles. The molecule has 0 amide bonds. The second-order valence-electron chi connectivity index (χ2n) is 9.78. The average molecular weight is 697 g/mol. The van der Waals surface area contributed by atoms with Gasteiger partial charge in [0.1, 0.15) is 0 Å². The lowest BCUT2D eigenvalue weighted by atomic mass is 10.1. The van der Waals surface area contributed by atoms with E-state index in [1.165, 1.54) is 46.9 Å². The zero-order chi connectivity index (χ0) is 34.3. The van der Waals surface area contributed by atoms with Gasteiger partial charge in [0.05, 0.1) is 33.9 Å². The number of aromatic nitrogens is 2. The Morgan fingerprint density at radius 1 is 0.542 bits per heavy atom. The molecule has 2 N–H and O–H groups in total. The molecular weight excluding hydrogens is 671 g/mol. The lowest BCUT2D eigenvalue weighted by Crippen LogP contribution is -2.05. The van der Waals surface area contributed by atoms with E-state index in [1.54, 1.807) is 47.2 Å². The first kappa shape index (κ1) is 34.3. The minimum Gasteiger partial charge on any atom is -0.332 e. The highest BCUT2D eigenvalue weighted by molar-refractivity contribution is 7.14. The summed E-state index contributed by atoms with van der Waals surface area (Å²) in [6.45, 7) is 4.00. The number of alkyl halides is 6. The molecule has 2 aromatic heterocycles. The Morgan fingerprint density at radius 2 is 0.938 bits per heavy atom. The van der Waals surface area contributed by atoms with E-state index in [0.717, 1.165) is 35.4 Å². The number of thiazole rings is 2. The topological polar surface area (TPSA) is 74.6 Å². The number of nitrogens with one attached hydrogen (secondary N) is 2. The second kappa shape index (κ2) is 14.8. The standard InChI is InChI=1S/C32H20F6N6S2.C2H6/c33-31(34,35)21-7-3-9-23(15-21)39-29-41-27(17-45-29)19-5-1-11-25(13-19)43-44-26-12-2-6-20(14-26)28-18-46-30(42-28)40-24-10-4-8-22(16-24)32(36,37)38;1-2/h1-18H,(H,39,41)(H,40,42);1-2H3. The quantitative estimate of drug-likeness (QED) is 0.123. The molecule has 4 aromatic carbocycles. The molecule has 14 heteroatoms. The van der Waals surface area contributed by atoms with Gasteiger partial charge in [-0.3, -0.25) is 0 Å². The second-order valence-corrected chi connectivity index (χ2v) is 11.5. The highest BCUT2D eigenvalue weighted by atomic mass is 32.1. The van der Waals surface area contributed by atoms with Crippen LogP contribution in [0.4, 0.5) is 59.4 Å². The number of hydrogen-bond donors (Lipinski definition) is 2. The summed E-state index contributed by atoms with van der Waals surface area (Å²) in [6.07, 6.45) is -8.88. The molecule has 6 nitrogen and oxygen atoms in total. The normalized spacial score (nSPS) is 11.7. The predicted molar refractivity (Wildman–Crippen MR) is 180 cm³/mol. The number of azo groups is 1. The van der Waals surface area contributed by atoms with E-state index in [2.05, 4.69) is 30.8 Å². The SMILES string of the molecule is CC.FC(F)(F)c1cccc(Nc2nc(-c3cccc(N=Nc4cccc(-c5csc(Nc6cccc(C(F)(F)F)c6)n5)c4)c3)cs2)c1. The van der Waals surface area contributed by atoms with Crippen molar-refractivity contribution in [1.82, 2.24) is 9.97 Å². The van der Waals surface area contributed by atoms with Crippen molar-refractivity contribution in [2.75, 3.05) is 10.6 Å². The van der Waals surface area contributed by atoms with Gasteiger partial charge in [-0.2, -0.15) is 36.6 Å². The minimum atomic E-state index is -4.44. The van der Waals surface area contributed by atoms with Crippen LogP contribution in [0, 0.1) is 0 Å². The molecule has 6 rings (SSSR count). The van der Waals surface area contributed by atoms with Gasteiger partial charge >= 0.3 is 12.4 Å². The van der Waals surface area contributed by atoms with Gasteiger partial charge < -0.3 is 10.6 Å². The van der Waals surface area contributed by atoms with E-state index >= 15 is 0 Å². The highest BCUT2D eigenvalue weighted by Crippen LogP contribution is 2.35. The van der Waals surface area contributed by atoms with Crippen LogP contribution in [-0.2, 0) is 12.4 Å². The first-order chi connectivity index (χ1) is 23.0. The van der Waals surface area contributed by atoms with Crippen molar-refractivity contribution in [3.63, 3.8) is 0 Å². The van der Waals surface area contributed by atoms with Crippen LogP contribution in [0.15, 0.2) is 118 Å². The summed E-state index contributed by atoms with van der Waals surface area (Å²) in [5.74, 6) is 0. The number of nitrogens with zero attached hydrogens (tertiary/aromatic N) is 4. The Balaban J connectivity index is 0.00000221. The lowest BCUT2D eigenvalue weighted by Gasteiger charge is -2.09. The van der Waals surface area contributed by atoms with Gasteiger partial charge in [-0.15, -0.1) is 22.7 Å². The molecule has 0 bridgehead atoms. The summed E-state index contributed by atoms with van der Waals surface area (Å²) in [5.41, 5.74) is 2.93.